The molecule has 3 aromatic heterocycles. The summed E-state index contributed by atoms with van der Waals surface area (Å²) in [5, 5.41) is 65.6. The molecule has 0 spiro atoms. The van der Waals surface area contributed by atoms with Crippen molar-refractivity contribution < 1.29 is 59.3 Å². The normalized spacial score (nSPS) is 22.6. The Morgan fingerprint density at radius 3 is 2.35 bits per heavy atom. The number of amides is 2. The highest BCUT2D eigenvalue weighted by molar-refractivity contribution is 6.39. The van der Waals surface area contributed by atoms with Gasteiger partial charge >= 0.3 is 5.97 Å². The van der Waals surface area contributed by atoms with Crippen LogP contribution in [0.1, 0.15) is 58.3 Å². The molecule has 6 aromatic rings. The van der Waals surface area contributed by atoms with E-state index in [4.69, 9.17) is 14.3 Å². The fourth-order valence-electron chi connectivity index (χ4n) is 7.32. The molecule has 2 aliphatic rings. The van der Waals surface area contributed by atoms with Gasteiger partial charge in [0.15, 0.2) is 6.23 Å². The van der Waals surface area contributed by atoms with Crippen molar-refractivity contribution >= 4 is 61.4 Å². The van der Waals surface area contributed by atoms with E-state index < -0.39 is 61.1 Å². The highest BCUT2D eigenvalue weighted by atomic mass is 16.7. The van der Waals surface area contributed by atoms with Crippen LogP contribution in [0.25, 0.3) is 43.6 Å². The number of hydrogen-bond acceptors (Lipinski definition) is 13. The predicted octanol–water partition coefficient (Wildman–Crippen LogP) is 2.56. The van der Waals surface area contributed by atoms with Crippen molar-refractivity contribution in [3.05, 3.63) is 77.1 Å². The minimum atomic E-state index is -1.76. The number of ether oxygens (including phenoxy) is 2. The van der Waals surface area contributed by atoms with Crippen LogP contribution in [0.3, 0.4) is 0 Å². The first-order valence-electron chi connectivity index (χ1n) is 16.3. The lowest BCUT2D eigenvalue weighted by Crippen LogP contribution is -2.56. The number of pyridine rings is 1. The van der Waals surface area contributed by atoms with Crippen molar-refractivity contribution in [3.63, 3.8) is 0 Å². The number of H-pyrrole nitrogens is 1. The molecular formula is C36H32N4O12. The number of rotatable bonds is 7. The standard InChI is InChI=1S/C36H32N4O12/c1-14(51-15(2)42)21-5-3-4-16(37-21)13-50-40-34(48)27-25-19-8-6-17(43)10-22(19)38-29(25)30-26(28(27)35(40)49)20-9-7-18(44)11-23(20)39(30)36-33(47)32(46)31(45)24(12-41)52-36/h3-11,14,24,31-33,36,38,41,43-47H,12-13H2,1-2H3. The van der Waals surface area contributed by atoms with Gasteiger partial charge in [0.25, 0.3) is 11.8 Å². The largest absolute Gasteiger partial charge is 0.508 e. The van der Waals surface area contributed by atoms with E-state index in [1.54, 1.807) is 31.2 Å². The number of aromatic amines is 1. The molecular weight excluding hydrogens is 680 g/mol. The van der Waals surface area contributed by atoms with Gasteiger partial charge in [0.2, 0.25) is 0 Å². The van der Waals surface area contributed by atoms with E-state index in [1.807, 2.05) is 0 Å². The molecule has 16 heteroatoms. The Labute approximate surface area is 292 Å². The average molecular weight is 713 g/mol. The van der Waals surface area contributed by atoms with Gasteiger partial charge in [-0.05, 0) is 43.3 Å². The van der Waals surface area contributed by atoms with E-state index >= 15 is 0 Å². The Kier molecular flexibility index (Phi) is 7.90. The van der Waals surface area contributed by atoms with Crippen LogP contribution in [0.2, 0.25) is 0 Å². The number of nitrogens with one attached hydrogen (secondary N) is 1. The van der Waals surface area contributed by atoms with Gasteiger partial charge in [-0.2, -0.15) is 0 Å². The smallest absolute Gasteiger partial charge is 0.303 e. The first kappa shape index (κ1) is 33.5. The number of nitrogens with zero attached hydrogens (tertiary/aromatic N) is 3. The van der Waals surface area contributed by atoms with Gasteiger partial charge in [0.05, 0.1) is 51.2 Å². The maximum atomic E-state index is 14.5. The maximum absolute atomic E-state index is 14.5. The quantitative estimate of drug-likeness (QED) is 0.0932. The Balaban J connectivity index is 1.35. The van der Waals surface area contributed by atoms with Gasteiger partial charge in [-0.25, -0.2) is 0 Å². The number of fused-ring (bicyclic) bond motifs is 10. The average Bonchev–Trinajstić information content (AvgIpc) is 3.72. The zero-order valence-corrected chi connectivity index (χ0v) is 27.5. The van der Waals surface area contributed by atoms with Crippen LogP contribution in [0.5, 0.6) is 11.5 Å². The number of carbonyl (C=O) groups is 3. The number of hydroxylamine groups is 2. The Hall–Kier alpha value is -5.62. The lowest BCUT2D eigenvalue weighted by atomic mass is 9.96. The van der Waals surface area contributed by atoms with Crippen molar-refractivity contribution in [2.75, 3.05) is 6.61 Å². The second-order valence-corrected chi connectivity index (χ2v) is 12.9. The molecule has 6 unspecified atom stereocenters. The number of aromatic hydroxyl groups is 2. The third kappa shape index (κ3) is 4.99. The SMILES string of the molecule is CC(=O)OC(C)c1cccc(CON2C(=O)c3c(c4c5ccc(O)cc5n(C5OC(CO)C(O)C(O)C5O)c4c4[nH]c5cc(O)ccc5c34)C2=O)n1. The summed E-state index contributed by atoms with van der Waals surface area (Å²) in [5.41, 5.74) is 1.78. The lowest BCUT2D eigenvalue weighted by molar-refractivity contribution is -0.249. The van der Waals surface area contributed by atoms with E-state index in [2.05, 4.69) is 9.97 Å². The number of imide groups is 1. The first-order chi connectivity index (χ1) is 24.9. The molecule has 8 rings (SSSR count). The molecule has 0 radical (unpaired) electrons. The first-order valence-corrected chi connectivity index (χ1v) is 16.3. The van der Waals surface area contributed by atoms with Crippen LogP contribution in [0, 0.1) is 0 Å². The van der Waals surface area contributed by atoms with E-state index in [9.17, 15) is 45.0 Å². The second kappa shape index (κ2) is 12.3. The van der Waals surface area contributed by atoms with Crippen LogP contribution >= 0.6 is 0 Å². The summed E-state index contributed by atoms with van der Waals surface area (Å²) in [6.45, 7) is 1.90. The molecule has 3 aromatic carbocycles. The molecule has 6 atom stereocenters. The molecule has 2 aliphatic heterocycles. The summed E-state index contributed by atoms with van der Waals surface area (Å²) in [7, 11) is 0. The van der Waals surface area contributed by atoms with Gasteiger partial charge in [-0.3, -0.25) is 24.2 Å². The number of aliphatic hydroxyl groups excluding tert-OH is 4. The van der Waals surface area contributed by atoms with E-state index in [0.29, 0.717) is 32.7 Å². The highest BCUT2D eigenvalue weighted by Crippen LogP contribution is 2.48. The third-order valence-electron chi connectivity index (χ3n) is 9.60. The van der Waals surface area contributed by atoms with Gasteiger partial charge in [0, 0.05) is 40.6 Å². The number of aliphatic hydroxyl groups is 4. The third-order valence-corrected chi connectivity index (χ3v) is 9.60. The van der Waals surface area contributed by atoms with Crippen LogP contribution in [0.15, 0.2) is 54.6 Å². The summed E-state index contributed by atoms with van der Waals surface area (Å²) >= 11 is 0. The topological polar surface area (TPSA) is 237 Å². The van der Waals surface area contributed by atoms with Crippen LogP contribution in [-0.2, 0) is 25.7 Å². The van der Waals surface area contributed by atoms with Gasteiger partial charge in [-0.1, -0.05) is 6.07 Å². The van der Waals surface area contributed by atoms with Crippen LogP contribution < -0.4 is 0 Å². The molecule has 0 bridgehead atoms. The summed E-state index contributed by atoms with van der Waals surface area (Å²) in [5.74, 6) is -2.39. The molecule has 268 valence electrons. The fraction of sp³-hybridized carbons (Fsp3) is 0.278. The fourth-order valence-corrected chi connectivity index (χ4v) is 7.32. The monoisotopic (exact) mass is 712 g/mol. The summed E-state index contributed by atoms with van der Waals surface area (Å²) in [4.78, 5) is 53.8. The minimum Gasteiger partial charge on any atom is -0.508 e. The molecule has 0 saturated carbocycles. The number of benzene rings is 3. The Morgan fingerprint density at radius 2 is 1.63 bits per heavy atom. The molecule has 1 fully saturated rings. The maximum Gasteiger partial charge on any atom is 0.303 e. The molecule has 1 saturated heterocycles. The van der Waals surface area contributed by atoms with Crippen LogP contribution in [0.4, 0.5) is 0 Å². The number of phenols is 2. The van der Waals surface area contributed by atoms with Crippen molar-refractivity contribution in [2.24, 2.45) is 0 Å². The molecule has 52 heavy (non-hydrogen) atoms. The Morgan fingerprint density at radius 1 is 0.942 bits per heavy atom. The molecule has 7 N–H and O–H groups in total. The van der Waals surface area contributed by atoms with E-state index in [1.165, 1.54) is 41.8 Å². The predicted molar refractivity (Wildman–Crippen MR) is 181 cm³/mol. The van der Waals surface area contributed by atoms with Crippen molar-refractivity contribution in [1.29, 1.82) is 0 Å². The Bertz CT molecular complexity index is 2470. The van der Waals surface area contributed by atoms with Crippen molar-refractivity contribution in [2.45, 2.75) is 57.2 Å². The van der Waals surface area contributed by atoms with Gasteiger partial charge in [0.1, 0.15) is 48.6 Å². The minimum absolute atomic E-state index is 0.0180. The lowest BCUT2D eigenvalue weighted by Gasteiger charge is -2.41. The zero-order chi connectivity index (χ0) is 36.7. The molecule has 5 heterocycles. The molecule has 2 amide bonds. The summed E-state index contributed by atoms with van der Waals surface area (Å²) in [6, 6.07) is 13.6. The van der Waals surface area contributed by atoms with Crippen molar-refractivity contribution in [1.82, 2.24) is 19.6 Å². The number of aromatic nitrogens is 3. The van der Waals surface area contributed by atoms with Crippen LogP contribution in [-0.4, -0.2) is 99.0 Å². The zero-order valence-electron chi connectivity index (χ0n) is 27.5. The number of hydrogen-bond donors (Lipinski definition) is 7. The van der Waals surface area contributed by atoms with E-state index in [-0.39, 0.29) is 56.6 Å². The highest BCUT2D eigenvalue weighted by Gasteiger charge is 2.47. The molecule has 16 nitrogen and oxygen atoms in total. The van der Waals surface area contributed by atoms with Gasteiger partial charge in [-0.15, -0.1) is 5.06 Å². The summed E-state index contributed by atoms with van der Waals surface area (Å²) < 4.78 is 12.6. The number of esters is 1. The number of carbonyl (C=O) groups excluding carboxylic acids is 3. The second-order valence-electron chi connectivity index (χ2n) is 12.9. The van der Waals surface area contributed by atoms with E-state index in [0.717, 1.165) is 0 Å². The van der Waals surface area contributed by atoms with Crippen molar-refractivity contribution in [3.8, 4) is 11.5 Å². The number of phenolic OH excluding ortho intramolecular Hbond substituents is 2. The van der Waals surface area contributed by atoms with Gasteiger partial charge < -0.3 is 49.7 Å². The molecule has 0 aliphatic carbocycles. The summed E-state index contributed by atoms with van der Waals surface area (Å²) in [6.07, 6.45) is -8.64.